The third kappa shape index (κ3) is 2.87. The fourth-order valence-corrected chi connectivity index (χ4v) is 1.70. The van der Waals surface area contributed by atoms with Crippen LogP contribution in [0.2, 0.25) is 0 Å². The van der Waals surface area contributed by atoms with Gasteiger partial charge in [-0.15, -0.1) is 0 Å². The second-order valence-corrected chi connectivity index (χ2v) is 4.10. The summed E-state index contributed by atoms with van der Waals surface area (Å²) in [6, 6.07) is 13.4. The molecule has 1 amide bonds. The first-order chi connectivity index (χ1) is 9.63. The maximum absolute atomic E-state index is 12.1. The van der Waals surface area contributed by atoms with Gasteiger partial charge < -0.3 is 15.8 Å². The molecule has 2 rings (SSSR count). The smallest absolute Gasteiger partial charge is 0.255 e. The Kier molecular flexibility index (Phi) is 3.87. The Morgan fingerprint density at radius 1 is 1.25 bits per heavy atom. The van der Waals surface area contributed by atoms with Gasteiger partial charge in [0.25, 0.3) is 5.91 Å². The zero-order valence-electron chi connectivity index (χ0n) is 10.9. The lowest BCUT2D eigenvalue weighted by molar-refractivity contribution is 0.102. The molecule has 0 aliphatic rings. The second kappa shape index (κ2) is 5.76. The molecule has 100 valence electrons. The molecule has 0 atom stereocenters. The maximum Gasteiger partial charge on any atom is 0.255 e. The number of nitrogens with two attached hydrogens (primary N) is 1. The van der Waals surface area contributed by atoms with Crippen LogP contribution in [0.15, 0.2) is 42.5 Å². The minimum absolute atomic E-state index is 0.280. The molecule has 0 aliphatic heterocycles. The third-order valence-electron chi connectivity index (χ3n) is 2.75. The molecular formula is C15H13N3O2. The first kappa shape index (κ1) is 13.4. The first-order valence-corrected chi connectivity index (χ1v) is 5.89. The van der Waals surface area contributed by atoms with Gasteiger partial charge in [0, 0.05) is 17.3 Å². The van der Waals surface area contributed by atoms with Crippen LogP contribution in [0.25, 0.3) is 0 Å². The average molecular weight is 267 g/mol. The van der Waals surface area contributed by atoms with Crippen LogP contribution in [0.1, 0.15) is 15.9 Å². The van der Waals surface area contributed by atoms with Gasteiger partial charge in [-0.25, -0.2) is 0 Å². The molecule has 0 unspecified atom stereocenters. The van der Waals surface area contributed by atoms with Crippen molar-refractivity contribution in [1.82, 2.24) is 0 Å². The molecule has 0 aromatic heterocycles. The molecule has 20 heavy (non-hydrogen) atoms. The molecule has 0 radical (unpaired) electrons. The number of anilines is 2. The molecule has 5 heteroatoms. The molecule has 0 bridgehead atoms. The lowest BCUT2D eigenvalue weighted by Gasteiger charge is -2.10. The number of amides is 1. The van der Waals surface area contributed by atoms with Crippen LogP contribution in [0, 0.1) is 11.3 Å². The molecule has 0 saturated carbocycles. The van der Waals surface area contributed by atoms with Gasteiger partial charge in [0.2, 0.25) is 0 Å². The number of nitrogens with one attached hydrogen (secondary N) is 1. The van der Waals surface area contributed by atoms with Gasteiger partial charge in [-0.05, 0) is 36.4 Å². The highest BCUT2D eigenvalue weighted by atomic mass is 16.5. The zero-order valence-corrected chi connectivity index (χ0v) is 10.9. The van der Waals surface area contributed by atoms with E-state index in [-0.39, 0.29) is 5.91 Å². The van der Waals surface area contributed by atoms with E-state index in [9.17, 15) is 4.79 Å². The maximum atomic E-state index is 12.1. The predicted molar refractivity (Wildman–Crippen MR) is 76.5 cm³/mol. The Morgan fingerprint density at radius 2 is 1.95 bits per heavy atom. The molecule has 0 heterocycles. The van der Waals surface area contributed by atoms with E-state index < -0.39 is 0 Å². The normalized spacial score (nSPS) is 9.60. The van der Waals surface area contributed by atoms with Crippen molar-refractivity contribution in [3.05, 3.63) is 53.6 Å². The Balaban J connectivity index is 2.21. The fraction of sp³-hybridized carbons (Fsp3) is 0.0667. The molecule has 0 aliphatic carbocycles. The van der Waals surface area contributed by atoms with Gasteiger partial charge in [-0.3, -0.25) is 4.79 Å². The molecule has 2 aromatic rings. The highest BCUT2D eigenvalue weighted by Gasteiger charge is 2.10. The van der Waals surface area contributed by atoms with Gasteiger partial charge in [-0.1, -0.05) is 0 Å². The van der Waals surface area contributed by atoms with Gasteiger partial charge in [-0.2, -0.15) is 5.26 Å². The lowest BCUT2D eigenvalue weighted by atomic mass is 10.1. The first-order valence-electron chi connectivity index (χ1n) is 5.89. The van der Waals surface area contributed by atoms with Gasteiger partial charge in [0.05, 0.1) is 24.4 Å². The van der Waals surface area contributed by atoms with E-state index in [0.717, 1.165) is 0 Å². The number of hydrogen-bond acceptors (Lipinski definition) is 4. The van der Waals surface area contributed by atoms with Crippen molar-refractivity contribution in [2.45, 2.75) is 0 Å². The number of carbonyl (C=O) groups is 1. The van der Waals surface area contributed by atoms with Gasteiger partial charge >= 0.3 is 0 Å². The topological polar surface area (TPSA) is 88.1 Å². The molecular weight excluding hydrogens is 254 g/mol. The van der Waals surface area contributed by atoms with Gasteiger partial charge in [0.1, 0.15) is 5.75 Å². The van der Waals surface area contributed by atoms with Crippen molar-refractivity contribution in [3.63, 3.8) is 0 Å². The summed E-state index contributed by atoms with van der Waals surface area (Å²) in [5.74, 6) is 0.213. The summed E-state index contributed by atoms with van der Waals surface area (Å²) in [5, 5.41) is 11.5. The second-order valence-electron chi connectivity index (χ2n) is 4.10. The van der Waals surface area contributed by atoms with Gasteiger partial charge in [0.15, 0.2) is 0 Å². The van der Waals surface area contributed by atoms with E-state index in [1.54, 1.807) is 42.5 Å². The predicted octanol–water partition coefficient (Wildman–Crippen LogP) is 2.40. The number of ether oxygens (including phenoxy) is 1. The summed E-state index contributed by atoms with van der Waals surface area (Å²) < 4.78 is 5.16. The minimum atomic E-state index is -0.280. The van der Waals surface area contributed by atoms with Crippen molar-refractivity contribution in [2.75, 3.05) is 18.2 Å². The summed E-state index contributed by atoms with van der Waals surface area (Å²) >= 11 is 0. The van der Waals surface area contributed by atoms with E-state index >= 15 is 0 Å². The van der Waals surface area contributed by atoms with Crippen LogP contribution < -0.4 is 15.8 Å². The summed E-state index contributed by atoms with van der Waals surface area (Å²) in [6.07, 6.45) is 0. The van der Waals surface area contributed by atoms with Crippen LogP contribution in [0.3, 0.4) is 0 Å². The van der Waals surface area contributed by atoms with Crippen molar-refractivity contribution in [3.8, 4) is 11.8 Å². The van der Waals surface area contributed by atoms with Crippen molar-refractivity contribution < 1.29 is 9.53 Å². The average Bonchev–Trinajstić information content (AvgIpc) is 2.49. The van der Waals surface area contributed by atoms with Crippen LogP contribution in [0.4, 0.5) is 11.4 Å². The Labute approximate surface area is 116 Å². The Bertz CT molecular complexity index is 673. The number of nitrogen functional groups attached to an aromatic ring is 1. The molecule has 0 fully saturated rings. The van der Waals surface area contributed by atoms with Crippen molar-refractivity contribution >= 4 is 17.3 Å². The number of rotatable bonds is 3. The standard InChI is InChI=1S/C15H13N3O2/c1-20-14-8-12(17)6-7-13(14)18-15(19)11-4-2-10(9-16)3-5-11/h2-8H,17H2,1H3,(H,18,19). The number of nitriles is 1. The summed E-state index contributed by atoms with van der Waals surface area (Å²) in [4.78, 5) is 12.1. The number of carbonyl (C=O) groups excluding carboxylic acids is 1. The molecule has 0 saturated heterocycles. The highest BCUT2D eigenvalue weighted by Crippen LogP contribution is 2.27. The van der Waals surface area contributed by atoms with E-state index in [4.69, 9.17) is 15.7 Å². The molecule has 2 aromatic carbocycles. The number of methoxy groups -OCH3 is 1. The fourth-order valence-electron chi connectivity index (χ4n) is 1.70. The quantitative estimate of drug-likeness (QED) is 0.836. The summed E-state index contributed by atoms with van der Waals surface area (Å²) in [5.41, 5.74) is 7.71. The minimum Gasteiger partial charge on any atom is -0.494 e. The molecule has 3 N–H and O–H groups in total. The largest absolute Gasteiger partial charge is 0.494 e. The number of benzene rings is 2. The SMILES string of the molecule is COc1cc(N)ccc1NC(=O)c1ccc(C#N)cc1. The van der Waals surface area contributed by atoms with E-state index in [2.05, 4.69) is 5.32 Å². The Hall–Kier alpha value is -3.00. The lowest BCUT2D eigenvalue weighted by Crippen LogP contribution is -2.12. The monoisotopic (exact) mass is 267 g/mol. The van der Waals surface area contributed by atoms with Crippen molar-refractivity contribution in [1.29, 1.82) is 5.26 Å². The molecule has 0 spiro atoms. The van der Waals surface area contributed by atoms with E-state index in [0.29, 0.717) is 28.3 Å². The number of hydrogen-bond donors (Lipinski definition) is 2. The van der Waals surface area contributed by atoms with E-state index in [1.807, 2.05) is 6.07 Å². The summed E-state index contributed by atoms with van der Waals surface area (Å²) in [7, 11) is 1.51. The van der Waals surface area contributed by atoms with Crippen LogP contribution in [0.5, 0.6) is 5.75 Å². The Morgan fingerprint density at radius 3 is 2.55 bits per heavy atom. The van der Waals surface area contributed by atoms with Crippen molar-refractivity contribution in [2.24, 2.45) is 0 Å². The number of nitrogens with zero attached hydrogens (tertiary/aromatic N) is 1. The van der Waals surface area contributed by atoms with Crippen LogP contribution >= 0.6 is 0 Å². The summed E-state index contributed by atoms with van der Waals surface area (Å²) in [6.45, 7) is 0. The van der Waals surface area contributed by atoms with E-state index in [1.165, 1.54) is 7.11 Å². The van der Waals surface area contributed by atoms with Crippen LogP contribution in [-0.2, 0) is 0 Å². The highest BCUT2D eigenvalue weighted by molar-refractivity contribution is 6.05. The zero-order chi connectivity index (χ0) is 14.5. The van der Waals surface area contributed by atoms with Crippen LogP contribution in [-0.4, -0.2) is 13.0 Å². The molecule has 5 nitrogen and oxygen atoms in total. The third-order valence-corrected chi connectivity index (χ3v) is 2.75.